The van der Waals surface area contributed by atoms with Crippen molar-refractivity contribution in [1.29, 1.82) is 0 Å². The number of amides is 3. The second-order valence-electron chi connectivity index (χ2n) is 6.95. The summed E-state index contributed by atoms with van der Waals surface area (Å²) in [4.78, 5) is 49.5. The van der Waals surface area contributed by atoms with Crippen molar-refractivity contribution in [3.63, 3.8) is 0 Å². The van der Waals surface area contributed by atoms with Gasteiger partial charge in [-0.05, 0) is 30.9 Å². The molecule has 1 aliphatic carbocycles. The number of nitrogens with zero attached hydrogens (tertiary/aromatic N) is 2. The van der Waals surface area contributed by atoms with Crippen molar-refractivity contribution in [2.24, 2.45) is 5.92 Å². The molecule has 11 heteroatoms. The molecule has 0 aromatic carbocycles. The number of ether oxygens (including phenoxy) is 1. The molecule has 1 aromatic rings. The van der Waals surface area contributed by atoms with Gasteiger partial charge in [0.25, 0.3) is 6.47 Å². The number of aromatic nitrogens is 1. The van der Waals surface area contributed by atoms with Crippen LogP contribution in [0.4, 0.5) is 4.79 Å². The summed E-state index contributed by atoms with van der Waals surface area (Å²) < 4.78 is 4.78. The lowest BCUT2D eigenvalue weighted by molar-refractivity contribution is -0.125. The van der Waals surface area contributed by atoms with E-state index in [1.165, 1.54) is 4.90 Å². The summed E-state index contributed by atoms with van der Waals surface area (Å²) in [5, 5.41) is 22.6. The molecule has 0 radical (unpaired) electrons. The first-order chi connectivity index (χ1) is 14.4. The fourth-order valence-electron chi connectivity index (χ4n) is 3.40. The van der Waals surface area contributed by atoms with Crippen LogP contribution in [0.15, 0.2) is 24.5 Å². The molecular weight excluding hydrogens is 396 g/mol. The Hall–Kier alpha value is -3.21. The van der Waals surface area contributed by atoms with Crippen LogP contribution in [0.1, 0.15) is 18.4 Å². The third kappa shape index (κ3) is 6.99. The molecule has 2 heterocycles. The van der Waals surface area contributed by atoms with Crippen LogP contribution in [-0.4, -0.2) is 82.9 Å². The van der Waals surface area contributed by atoms with Gasteiger partial charge in [-0.3, -0.25) is 24.3 Å². The highest BCUT2D eigenvalue weighted by Gasteiger charge is 2.38. The molecular formula is C19H26N4O7. The van der Waals surface area contributed by atoms with Crippen LogP contribution in [0, 0.1) is 5.92 Å². The summed E-state index contributed by atoms with van der Waals surface area (Å²) >= 11 is 0. The van der Waals surface area contributed by atoms with Crippen molar-refractivity contribution in [1.82, 2.24) is 20.5 Å². The van der Waals surface area contributed by atoms with Crippen LogP contribution in [0.25, 0.3) is 0 Å². The van der Waals surface area contributed by atoms with Crippen molar-refractivity contribution < 1.29 is 34.1 Å². The monoisotopic (exact) mass is 422 g/mol. The molecule has 0 spiro atoms. The minimum atomic E-state index is -0.784. The Labute approximate surface area is 173 Å². The number of carboxylic acid groups (broad SMARTS) is 1. The van der Waals surface area contributed by atoms with Gasteiger partial charge in [-0.15, -0.1) is 0 Å². The van der Waals surface area contributed by atoms with Gasteiger partial charge in [0.1, 0.15) is 13.2 Å². The van der Waals surface area contributed by atoms with Crippen molar-refractivity contribution in [3.05, 3.63) is 30.1 Å². The molecule has 4 N–H and O–H groups in total. The lowest BCUT2D eigenvalue weighted by atomic mass is 10.1. The van der Waals surface area contributed by atoms with E-state index in [9.17, 15) is 19.5 Å². The van der Waals surface area contributed by atoms with Gasteiger partial charge in [0.15, 0.2) is 0 Å². The van der Waals surface area contributed by atoms with Crippen LogP contribution in [0.3, 0.4) is 0 Å². The summed E-state index contributed by atoms with van der Waals surface area (Å²) in [5.74, 6) is -0.843. The maximum absolute atomic E-state index is 12.3. The van der Waals surface area contributed by atoms with E-state index in [0.29, 0.717) is 32.4 Å². The Bertz CT molecular complexity index is 731. The quantitative estimate of drug-likeness (QED) is 0.414. The minimum absolute atomic E-state index is 0.107. The molecule has 0 bridgehead atoms. The second kappa shape index (κ2) is 11.7. The highest BCUT2D eigenvalue weighted by molar-refractivity contribution is 5.83. The predicted molar refractivity (Wildman–Crippen MR) is 103 cm³/mol. The van der Waals surface area contributed by atoms with Crippen LogP contribution in [0.5, 0.6) is 0 Å². The van der Waals surface area contributed by atoms with E-state index >= 15 is 0 Å². The molecule has 164 valence electrons. The van der Waals surface area contributed by atoms with E-state index in [1.807, 2.05) is 12.1 Å². The third-order valence-electron chi connectivity index (χ3n) is 4.86. The van der Waals surface area contributed by atoms with Crippen LogP contribution in [-0.2, 0) is 25.5 Å². The second-order valence-corrected chi connectivity index (χ2v) is 6.95. The molecule has 0 unspecified atom stereocenters. The van der Waals surface area contributed by atoms with Crippen LogP contribution < -0.4 is 10.6 Å². The number of aliphatic hydroxyl groups excluding tert-OH is 1. The third-order valence-corrected chi connectivity index (χ3v) is 4.86. The number of pyridine rings is 1. The zero-order valence-corrected chi connectivity index (χ0v) is 16.4. The minimum Gasteiger partial charge on any atom is -0.483 e. The van der Waals surface area contributed by atoms with Crippen molar-refractivity contribution in [2.45, 2.75) is 31.4 Å². The van der Waals surface area contributed by atoms with Gasteiger partial charge in [-0.1, -0.05) is 6.07 Å². The SMILES string of the molecule is O=C(CN1CCOC1=O)N[C@H]1C[C@H](C(=O)NCCc2cccnc2)C[C@@H]1O.O=CO. The molecule has 3 rings (SSSR count). The standard InChI is InChI=1S/C18H24N4O5.CH2O2/c23-15-9-13(17(25)20-5-3-12-2-1-4-19-10-12)8-14(15)21-16(24)11-22-6-7-27-18(22)26;2-1-3/h1-2,4,10,13-15,23H,3,5-9,11H2,(H,20,25)(H,21,24);1H,(H,2,3)/t13-,14-,15-;/m0./s1. The number of nitrogens with one attached hydrogen (secondary N) is 2. The van der Waals surface area contributed by atoms with Gasteiger partial charge in [0, 0.05) is 24.9 Å². The van der Waals surface area contributed by atoms with E-state index in [-0.39, 0.29) is 37.4 Å². The summed E-state index contributed by atoms with van der Waals surface area (Å²) in [6.07, 6.45) is 3.51. The van der Waals surface area contributed by atoms with Crippen molar-refractivity contribution >= 4 is 24.4 Å². The number of carbonyl (C=O) groups is 4. The molecule has 3 atom stereocenters. The molecule has 1 aliphatic heterocycles. The highest BCUT2D eigenvalue weighted by Crippen LogP contribution is 2.26. The van der Waals surface area contributed by atoms with E-state index in [2.05, 4.69) is 15.6 Å². The fourth-order valence-corrected chi connectivity index (χ4v) is 3.40. The topological polar surface area (TPSA) is 158 Å². The summed E-state index contributed by atoms with van der Waals surface area (Å²) in [6.45, 7) is 0.788. The van der Waals surface area contributed by atoms with Gasteiger partial charge in [0.05, 0.1) is 18.7 Å². The van der Waals surface area contributed by atoms with Crippen molar-refractivity contribution in [3.8, 4) is 0 Å². The number of hydrogen-bond donors (Lipinski definition) is 4. The normalized spacial score (nSPS) is 22.5. The van der Waals surface area contributed by atoms with Crippen LogP contribution >= 0.6 is 0 Å². The van der Waals surface area contributed by atoms with Gasteiger partial charge in [-0.2, -0.15) is 0 Å². The Balaban J connectivity index is 0.00000101. The maximum atomic E-state index is 12.3. The highest BCUT2D eigenvalue weighted by atomic mass is 16.6. The van der Waals surface area contributed by atoms with Gasteiger partial charge in [0.2, 0.25) is 11.8 Å². The average Bonchev–Trinajstić information content (AvgIpc) is 3.29. The lowest BCUT2D eigenvalue weighted by Crippen LogP contribution is -2.45. The number of hydrogen-bond acceptors (Lipinski definition) is 7. The first-order valence-electron chi connectivity index (χ1n) is 9.58. The molecule has 30 heavy (non-hydrogen) atoms. The summed E-state index contributed by atoms with van der Waals surface area (Å²) in [7, 11) is 0. The molecule has 3 amide bonds. The predicted octanol–water partition coefficient (Wildman–Crippen LogP) is -0.851. The zero-order chi connectivity index (χ0) is 21.9. The van der Waals surface area contributed by atoms with E-state index < -0.39 is 18.2 Å². The van der Waals surface area contributed by atoms with Crippen LogP contribution in [0.2, 0.25) is 0 Å². The van der Waals surface area contributed by atoms with Gasteiger partial charge >= 0.3 is 6.09 Å². The first-order valence-corrected chi connectivity index (χ1v) is 9.58. The Kier molecular flexibility index (Phi) is 9.01. The molecule has 1 aromatic heterocycles. The van der Waals surface area contributed by atoms with Gasteiger partial charge < -0.3 is 25.6 Å². The summed E-state index contributed by atoms with van der Waals surface area (Å²) in [5.41, 5.74) is 1.04. The molecule has 11 nitrogen and oxygen atoms in total. The Morgan fingerprint density at radius 3 is 2.77 bits per heavy atom. The maximum Gasteiger partial charge on any atom is 0.410 e. The number of carbonyl (C=O) groups excluding carboxylic acids is 3. The van der Waals surface area contributed by atoms with E-state index in [0.717, 1.165) is 5.56 Å². The number of cyclic esters (lactones) is 1. The first kappa shape index (κ1) is 23.1. The molecule has 1 saturated heterocycles. The number of rotatable bonds is 7. The molecule has 2 fully saturated rings. The van der Waals surface area contributed by atoms with Gasteiger partial charge in [-0.25, -0.2) is 4.79 Å². The lowest BCUT2D eigenvalue weighted by Gasteiger charge is -2.18. The molecule has 2 aliphatic rings. The zero-order valence-electron chi connectivity index (χ0n) is 16.4. The Morgan fingerprint density at radius 1 is 1.37 bits per heavy atom. The Morgan fingerprint density at radius 2 is 2.13 bits per heavy atom. The average molecular weight is 422 g/mol. The largest absolute Gasteiger partial charge is 0.483 e. The smallest absolute Gasteiger partial charge is 0.410 e. The van der Waals surface area contributed by atoms with E-state index in [4.69, 9.17) is 14.6 Å². The summed E-state index contributed by atoms with van der Waals surface area (Å²) in [6, 6.07) is 3.30. The number of aliphatic hydroxyl groups is 1. The van der Waals surface area contributed by atoms with E-state index in [1.54, 1.807) is 12.4 Å². The van der Waals surface area contributed by atoms with Crippen molar-refractivity contribution in [2.75, 3.05) is 26.2 Å². The fraction of sp³-hybridized carbons (Fsp3) is 0.526. The molecule has 1 saturated carbocycles.